The summed E-state index contributed by atoms with van der Waals surface area (Å²) >= 11 is 0. The number of hydrogen-bond acceptors (Lipinski definition) is 6. The second-order valence-corrected chi connectivity index (χ2v) is 4.66. The summed E-state index contributed by atoms with van der Waals surface area (Å²) in [5.74, 6) is 0.0815. The number of rotatable bonds is 5. The van der Waals surface area contributed by atoms with E-state index in [0.29, 0.717) is 29.4 Å². The molecule has 0 unspecified atom stereocenters. The molecule has 3 aromatic rings. The maximum Gasteiger partial charge on any atom is 0.336 e. The molecule has 0 aliphatic rings. The van der Waals surface area contributed by atoms with Gasteiger partial charge >= 0.3 is 5.97 Å². The summed E-state index contributed by atoms with van der Waals surface area (Å²) in [6.45, 7) is 0.380. The van der Waals surface area contributed by atoms with Crippen LogP contribution in [-0.2, 0) is 6.54 Å². The van der Waals surface area contributed by atoms with Crippen LogP contribution in [0, 0.1) is 0 Å². The third-order valence-corrected chi connectivity index (χ3v) is 3.14. The summed E-state index contributed by atoms with van der Waals surface area (Å²) in [5.41, 5.74) is 1.47. The number of benzene rings is 1. The largest absolute Gasteiger partial charge is 0.478 e. The van der Waals surface area contributed by atoms with Gasteiger partial charge in [-0.1, -0.05) is 18.2 Å². The van der Waals surface area contributed by atoms with Gasteiger partial charge in [0.25, 0.3) is 0 Å². The van der Waals surface area contributed by atoms with Crippen molar-refractivity contribution in [1.82, 2.24) is 19.9 Å². The van der Waals surface area contributed by atoms with E-state index < -0.39 is 5.97 Å². The van der Waals surface area contributed by atoms with Crippen LogP contribution in [0.2, 0.25) is 0 Å². The SMILES string of the molecule is O=C(O)c1ccccc1-c1cnc(CNc2ncccn2)nc1. The fourth-order valence-corrected chi connectivity index (χ4v) is 2.05. The van der Waals surface area contributed by atoms with Crippen molar-refractivity contribution in [1.29, 1.82) is 0 Å². The highest BCUT2D eigenvalue weighted by atomic mass is 16.4. The van der Waals surface area contributed by atoms with E-state index in [1.807, 2.05) is 0 Å². The Kier molecular flexibility index (Phi) is 4.19. The van der Waals surface area contributed by atoms with Crippen molar-refractivity contribution in [3.8, 4) is 11.1 Å². The number of nitrogens with zero attached hydrogens (tertiary/aromatic N) is 4. The molecular formula is C16H13N5O2. The zero-order valence-corrected chi connectivity index (χ0v) is 12.0. The Labute approximate surface area is 132 Å². The Morgan fingerprint density at radius 3 is 2.39 bits per heavy atom. The standard InChI is InChI=1S/C16H13N5O2/c22-15(23)13-5-2-1-4-12(13)11-8-19-14(20-9-11)10-21-16-17-6-3-7-18-16/h1-9H,10H2,(H,22,23)(H,17,18,21). The maximum atomic E-state index is 11.3. The number of carboxylic acids is 1. The normalized spacial score (nSPS) is 10.3. The van der Waals surface area contributed by atoms with E-state index in [0.717, 1.165) is 0 Å². The number of aromatic nitrogens is 4. The predicted octanol–water partition coefficient (Wildman–Crippen LogP) is 2.24. The molecule has 2 heterocycles. The molecule has 0 radical (unpaired) electrons. The number of carboxylic acid groups (broad SMARTS) is 1. The quantitative estimate of drug-likeness (QED) is 0.745. The molecule has 0 spiro atoms. The van der Waals surface area contributed by atoms with Crippen molar-refractivity contribution in [2.75, 3.05) is 5.32 Å². The van der Waals surface area contributed by atoms with Crippen LogP contribution < -0.4 is 5.32 Å². The molecule has 0 saturated heterocycles. The van der Waals surface area contributed by atoms with Crippen LogP contribution in [0.3, 0.4) is 0 Å². The highest BCUT2D eigenvalue weighted by Gasteiger charge is 2.11. The van der Waals surface area contributed by atoms with Gasteiger partial charge in [0.05, 0.1) is 12.1 Å². The second kappa shape index (κ2) is 6.61. The molecule has 0 aliphatic heterocycles. The number of aromatic carboxylic acids is 1. The van der Waals surface area contributed by atoms with E-state index in [2.05, 4.69) is 25.3 Å². The molecule has 7 heteroatoms. The lowest BCUT2D eigenvalue weighted by Crippen LogP contribution is -2.06. The van der Waals surface area contributed by atoms with E-state index in [1.54, 1.807) is 55.1 Å². The van der Waals surface area contributed by atoms with Crippen LogP contribution in [0.1, 0.15) is 16.2 Å². The van der Waals surface area contributed by atoms with Crippen molar-refractivity contribution < 1.29 is 9.90 Å². The third kappa shape index (κ3) is 3.46. The zero-order chi connectivity index (χ0) is 16.1. The summed E-state index contributed by atoms with van der Waals surface area (Å²) in [7, 11) is 0. The van der Waals surface area contributed by atoms with Gasteiger partial charge in [-0.15, -0.1) is 0 Å². The van der Waals surface area contributed by atoms with Crippen LogP contribution in [-0.4, -0.2) is 31.0 Å². The maximum absolute atomic E-state index is 11.3. The van der Waals surface area contributed by atoms with Gasteiger partial charge in [0.15, 0.2) is 0 Å². The summed E-state index contributed by atoms with van der Waals surface area (Å²) in [4.78, 5) is 27.8. The molecule has 0 atom stereocenters. The van der Waals surface area contributed by atoms with Crippen LogP contribution in [0.15, 0.2) is 55.1 Å². The average Bonchev–Trinajstić information content (AvgIpc) is 2.61. The third-order valence-electron chi connectivity index (χ3n) is 3.14. The molecule has 23 heavy (non-hydrogen) atoms. The van der Waals surface area contributed by atoms with Gasteiger partial charge < -0.3 is 10.4 Å². The van der Waals surface area contributed by atoms with Gasteiger partial charge in [-0.3, -0.25) is 0 Å². The number of anilines is 1. The molecule has 0 bridgehead atoms. The van der Waals surface area contributed by atoms with E-state index in [-0.39, 0.29) is 5.56 Å². The molecular weight excluding hydrogens is 294 g/mol. The van der Waals surface area contributed by atoms with Gasteiger partial charge in [0.2, 0.25) is 5.95 Å². The lowest BCUT2D eigenvalue weighted by molar-refractivity contribution is 0.0697. The van der Waals surface area contributed by atoms with Crippen molar-refractivity contribution in [3.05, 3.63) is 66.5 Å². The van der Waals surface area contributed by atoms with Gasteiger partial charge in [0, 0.05) is 30.4 Å². The number of carbonyl (C=O) groups is 1. The van der Waals surface area contributed by atoms with Crippen molar-refractivity contribution in [2.45, 2.75) is 6.54 Å². The highest BCUT2D eigenvalue weighted by molar-refractivity contribution is 5.95. The minimum atomic E-state index is -0.979. The van der Waals surface area contributed by atoms with Gasteiger partial charge in [-0.05, 0) is 17.7 Å². The molecule has 0 fully saturated rings. The first kappa shape index (κ1) is 14.6. The molecule has 0 amide bonds. The molecule has 0 aliphatic carbocycles. The molecule has 0 saturated carbocycles. The lowest BCUT2D eigenvalue weighted by Gasteiger charge is -2.07. The first-order valence-corrected chi connectivity index (χ1v) is 6.88. The highest BCUT2D eigenvalue weighted by Crippen LogP contribution is 2.22. The molecule has 114 valence electrons. The van der Waals surface area contributed by atoms with Crippen molar-refractivity contribution in [3.63, 3.8) is 0 Å². The molecule has 3 rings (SSSR count). The Balaban J connectivity index is 1.76. The second-order valence-electron chi connectivity index (χ2n) is 4.66. The van der Waals surface area contributed by atoms with E-state index in [9.17, 15) is 9.90 Å². The first-order chi connectivity index (χ1) is 11.2. The van der Waals surface area contributed by atoms with Crippen LogP contribution in [0.25, 0.3) is 11.1 Å². The van der Waals surface area contributed by atoms with Crippen LogP contribution >= 0.6 is 0 Å². The lowest BCUT2D eigenvalue weighted by atomic mass is 10.0. The van der Waals surface area contributed by atoms with Gasteiger partial charge in [-0.2, -0.15) is 0 Å². The predicted molar refractivity (Wildman–Crippen MR) is 83.8 cm³/mol. The summed E-state index contributed by atoms with van der Waals surface area (Å²) in [6, 6.07) is 8.49. The zero-order valence-electron chi connectivity index (χ0n) is 12.0. The average molecular weight is 307 g/mol. The minimum absolute atomic E-state index is 0.222. The van der Waals surface area contributed by atoms with Gasteiger partial charge in [0.1, 0.15) is 5.82 Å². The molecule has 1 aromatic carbocycles. The number of nitrogens with one attached hydrogen (secondary N) is 1. The summed E-state index contributed by atoms with van der Waals surface area (Å²) in [6.07, 6.45) is 6.50. The first-order valence-electron chi connectivity index (χ1n) is 6.88. The van der Waals surface area contributed by atoms with E-state index in [1.165, 1.54) is 0 Å². The Morgan fingerprint density at radius 2 is 1.70 bits per heavy atom. The Bertz CT molecular complexity index is 806. The van der Waals surface area contributed by atoms with Gasteiger partial charge in [-0.25, -0.2) is 24.7 Å². The van der Waals surface area contributed by atoms with Crippen molar-refractivity contribution >= 4 is 11.9 Å². The molecule has 2 N–H and O–H groups in total. The molecule has 2 aromatic heterocycles. The summed E-state index contributed by atoms with van der Waals surface area (Å²) in [5, 5.41) is 12.2. The van der Waals surface area contributed by atoms with Crippen LogP contribution in [0.5, 0.6) is 0 Å². The monoisotopic (exact) mass is 307 g/mol. The molecule has 7 nitrogen and oxygen atoms in total. The van der Waals surface area contributed by atoms with Crippen molar-refractivity contribution in [2.24, 2.45) is 0 Å². The summed E-state index contributed by atoms with van der Waals surface area (Å²) < 4.78 is 0. The topological polar surface area (TPSA) is 101 Å². The van der Waals surface area contributed by atoms with E-state index in [4.69, 9.17) is 0 Å². The fourth-order valence-electron chi connectivity index (χ4n) is 2.05. The number of hydrogen-bond donors (Lipinski definition) is 2. The van der Waals surface area contributed by atoms with Crippen LogP contribution in [0.4, 0.5) is 5.95 Å². The minimum Gasteiger partial charge on any atom is -0.478 e. The van der Waals surface area contributed by atoms with E-state index >= 15 is 0 Å². The Hall–Kier alpha value is -3.35. The smallest absolute Gasteiger partial charge is 0.336 e. The fraction of sp³-hybridized carbons (Fsp3) is 0.0625. The Morgan fingerprint density at radius 1 is 1.00 bits per heavy atom.